The Bertz CT molecular complexity index is 668. The fraction of sp³-hybridized carbons (Fsp3) is 0.125. The maximum Gasteiger partial charge on any atom is 0.228 e. The number of amides is 1. The van der Waals surface area contributed by atoms with Gasteiger partial charge >= 0.3 is 0 Å². The number of methoxy groups -OCH3 is 1. The van der Waals surface area contributed by atoms with Crippen molar-refractivity contribution in [3.63, 3.8) is 0 Å². The molecule has 0 aliphatic carbocycles. The molecule has 2 aromatic carbocycles. The molecule has 0 aliphatic rings. The SMILES string of the molecule is COc1ccc(N(C(C)=O)c2ccccc2)ccc1=O. The van der Waals surface area contributed by atoms with E-state index < -0.39 is 0 Å². The Morgan fingerprint density at radius 1 is 0.950 bits per heavy atom. The number of para-hydroxylation sites is 1. The molecule has 0 aliphatic heterocycles. The van der Waals surface area contributed by atoms with Crippen LogP contribution < -0.4 is 15.1 Å². The number of rotatable bonds is 3. The van der Waals surface area contributed by atoms with E-state index in [4.69, 9.17) is 4.74 Å². The van der Waals surface area contributed by atoms with Gasteiger partial charge in [0.1, 0.15) is 0 Å². The maximum absolute atomic E-state index is 11.9. The third kappa shape index (κ3) is 2.85. The number of nitrogens with zero attached hydrogens (tertiary/aromatic N) is 1. The van der Waals surface area contributed by atoms with Gasteiger partial charge in [0, 0.05) is 18.3 Å². The molecule has 1 amide bonds. The Kier molecular flexibility index (Phi) is 4.15. The van der Waals surface area contributed by atoms with Crippen molar-refractivity contribution in [2.75, 3.05) is 12.0 Å². The first-order chi connectivity index (χ1) is 9.63. The molecule has 102 valence electrons. The number of hydrogen-bond donors (Lipinski definition) is 0. The van der Waals surface area contributed by atoms with Gasteiger partial charge in [0.05, 0.1) is 7.11 Å². The highest BCUT2D eigenvalue weighted by Gasteiger charge is 2.13. The molecule has 4 heteroatoms. The molecule has 0 saturated carbocycles. The van der Waals surface area contributed by atoms with Crippen LogP contribution in [0.1, 0.15) is 6.92 Å². The smallest absolute Gasteiger partial charge is 0.228 e. The van der Waals surface area contributed by atoms with Crippen LogP contribution in [0.15, 0.2) is 59.4 Å². The second-order valence-electron chi connectivity index (χ2n) is 4.21. The molecule has 2 aromatic rings. The molecular formula is C16H15NO3. The molecule has 0 N–H and O–H groups in total. The average Bonchev–Trinajstić information content (AvgIpc) is 2.62. The van der Waals surface area contributed by atoms with E-state index in [-0.39, 0.29) is 17.1 Å². The van der Waals surface area contributed by atoms with Crippen molar-refractivity contribution in [3.05, 3.63) is 64.8 Å². The predicted octanol–water partition coefficient (Wildman–Crippen LogP) is 2.74. The minimum atomic E-state index is -0.227. The van der Waals surface area contributed by atoms with E-state index >= 15 is 0 Å². The Hall–Kier alpha value is -2.62. The van der Waals surface area contributed by atoms with E-state index in [1.165, 1.54) is 20.1 Å². The molecule has 0 heterocycles. The molecule has 2 rings (SSSR count). The number of carbonyl (C=O) groups is 1. The molecule has 0 radical (unpaired) electrons. The Morgan fingerprint density at radius 2 is 1.55 bits per heavy atom. The topological polar surface area (TPSA) is 46.6 Å². The molecule has 20 heavy (non-hydrogen) atoms. The summed E-state index contributed by atoms with van der Waals surface area (Å²) in [6.07, 6.45) is 0. The van der Waals surface area contributed by atoms with Crippen LogP contribution in [0, 0.1) is 0 Å². The summed E-state index contributed by atoms with van der Waals surface area (Å²) < 4.78 is 4.99. The van der Waals surface area contributed by atoms with Crippen LogP contribution in [-0.2, 0) is 4.79 Å². The highest BCUT2D eigenvalue weighted by molar-refractivity contribution is 5.98. The Labute approximate surface area is 117 Å². The maximum atomic E-state index is 11.9. The van der Waals surface area contributed by atoms with Gasteiger partial charge in [-0.05, 0) is 36.4 Å². The predicted molar refractivity (Wildman–Crippen MR) is 78.5 cm³/mol. The van der Waals surface area contributed by atoms with Gasteiger partial charge in [-0.15, -0.1) is 0 Å². The first-order valence-corrected chi connectivity index (χ1v) is 6.17. The third-order valence-corrected chi connectivity index (χ3v) is 2.86. The van der Waals surface area contributed by atoms with Crippen LogP contribution >= 0.6 is 0 Å². The van der Waals surface area contributed by atoms with Crippen LogP contribution in [-0.4, -0.2) is 13.0 Å². The Morgan fingerprint density at radius 3 is 2.15 bits per heavy atom. The van der Waals surface area contributed by atoms with Gasteiger partial charge in [-0.1, -0.05) is 18.2 Å². The van der Waals surface area contributed by atoms with Gasteiger partial charge in [0.15, 0.2) is 5.75 Å². The highest BCUT2D eigenvalue weighted by Crippen LogP contribution is 2.24. The molecule has 0 saturated heterocycles. The monoisotopic (exact) mass is 269 g/mol. The standard InChI is InChI=1S/C16H15NO3/c1-12(18)17(13-6-4-3-5-7-13)14-8-10-15(19)16(20-2)11-9-14/h3-11H,1-2H3. The van der Waals surface area contributed by atoms with E-state index in [9.17, 15) is 9.59 Å². The summed E-state index contributed by atoms with van der Waals surface area (Å²) in [6, 6.07) is 15.5. The summed E-state index contributed by atoms with van der Waals surface area (Å²) in [5, 5.41) is 0. The zero-order valence-electron chi connectivity index (χ0n) is 11.4. The second kappa shape index (κ2) is 6.02. The van der Waals surface area contributed by atoms with Crippen molar-refractivity contribution >= 4 is 17.3 Å². The summed E-state index contributed by atoms with van der Waals surface area (Å²) in [4.78, 5) is 25.1. The molecule has 0 aromatic heterocycles. The number of benzene rings is 1. The zero-order chi connectivity index (χ0) is 14.5. The minimum Gasteiger partial charge on any atom is -0.493 e. The molecule has 4 nitrogen and oxygen atoms in total. The number of hydrogen-bond acceptors (Lipinski definition) is 3. The lowest BCUT2D eigenvalue weighted by molar-refractivity contribution is -0.115. The fourth-order valence-electron chi connectivity index (χ4n) is 1.95. The molecule has 0 fully saturated rings. The molecule has 0 atom stereocenters. The minimum absolute atomic E-state index is 0.131. The van der Waals surface area contributed by atoms with Crippen molar-refractivity contribution in [1.82, 2.24) is 0 Å². The normalized spacial score (nSPS) is 9.90. The van der Waals surface area contributed by atoms with E-state index in [2.05, 4.69) is 0 Å². The van der Waals surface area contributed by atoms with Crippen LogP contribution in [0.25, 0.3) is 0 Å². The highest BCUT2D eigenvalue weighted by atomic mass is 16.5. The van der Waals surface area contributed by atoms with Crippen LogP contribution in [0.4, 0.5) is 11.4 Å². The number of carbonyl (C=O) groups excluding carboxylic acids is 1. The van der Waals surface area contributed by atoms with E-state index in [1.54, 1.807) is 23.1 Å². The molecular weight excluding hydrogens is 254 g/mol. The van der Waals surface area contributed by atoms with Gasteiger partial charge in [-0.3, -0.25) is 14.5 Å². The van der Waals surface area contributed by atoms with Gasteiger partial charge in [-0.25, -0.2) is 0 Å². The van der Waals surface area contributed by atoms with Gasteiger partial charge in [0.2, 0.25) is 11.3 Å². The lowest BCUT2D eigenvalue weighted by Crippen LogP contribution is -2.22. The summed E-state index contributed by atoms with van der Waals surface area (Å²) in [5.41, 5.74) is 1.14. The molecule has 0 unspecified atom stereocenters. The van der Waals surface area contributed by atoms with E-state index in [0.29, 0.717) is 5.69 Å². The van der Waals surface area contributed by atoms with Crippen LogP contribution in [0.5, 0.6) is 5.75 Å². The van der Waals surface area contributed by atoms with Gasteiger partial charge in [-0.2, -0.15) is 0 Å². The van der Waals surface area contributed by atoms with Crippen molar-refractivity contribution in [2.45, 2.75) is 6.92 Å². The lowest BCUT2D eigenvalue weighted by atomic mass is 10.2. The summed E-state index contributed by atoms with van der Waals surface area (Å²) >= 11 is 0. The first kappa shape index (κ1) is 13.8. The number of anilines is 2. The quantitative estimate of drug-likeness (QED) is 0.860. The Balaban J connectivity index is 2.54. The lowest BCUT2D eigenvalue weighted by Gasteiger charge is -2.20. The van der Waals surface area contributed by atoms with Gasteiger partial charge in [0.25, 0.3) is 0 Å². The average molecular weight is 269 g/mol. The second-order valence-corrected chi connectivity index (χ2v) is 4.21. The summed E-state index contributed by atoms with van der Waals surface area (Å²) in [7, 11) is 1.44. The summed E-state index contributed by atoms with van der Waals surface area (Å²) in [6.45, 7) is 1.48. The van der Waals surface area contributed by atoms with Gasteiger partial charge < -0.3 is 4.74 Å². The van der Waals surface area contributed by atoms with E-state index in [1.807, 2.05) is 30.3 Å². The van der Waals surface area contributed by atoms with Crippen molar-refractivity contribution in [3.8, 4) is 5.75 Å². The molecule has 0 spiro atoms. The van der Waals surface area contributed by atoms with Crippen molar-refractivity contribution in [1.29, 1.82) is 0 Å². The van der Waals surface area contributed by atoms with E-state index in [0.717, 1.165) is 5.69 Å². The third-order valence-electron chi connectivity index (χ3n) is 2.86. The van der Waals surface area contributed by atoms with Crippen LogP contribution in [0.3, 0.4) is 0 Å². The van der Waals surface area contributed by atoms with Crippen LogP contribution in [0.2, 0.25) is 0 Å². The number of ether oxygens (including phenoxy) is 1. The first-order valence-electron chi connectivity index (χ1n) is 6.17. The largest absolute Gasteiger partial charge is 0.493 e. The summed E-state index contributed by atoms with van der Waals surface area (Å²) in [5.74, 6) is 0.113. The zero-order valence-corrected chi connectivity index (χ0v) is 11.4. The van der Waals surface area contributed by atoms with Crippen molar-refractivity contribution < 1.29 is 9.53 Å². The fourth-order valence-corrected chi connectivity index (χ4v) is 1.95. The van der Waals surface area contributed by atoms with Crippen molar-refractivity contribution in [2.24, 2.45) is 0 Å². The molecule has 0 bridgehead atoms.